The van der Waals surface area contributed by atoms with E-state index in [1.807, 2.05) is 0 Å². The monoisotopic (exact) mass is 291 g/mol. The van der Waals surface area contributed by atoms with E-state index in [0.29, 0.717) is 17.3 Å². The standard InChI is InChI=1S/C15H21N3O3/c19-11-12-3-4-14(15(9-12)18(20)21)17-8-5-13(10-17)16-6-1-2-7-16/h3-4,9,13,19H,1-2,5-8,10-11H2. The van der Waals surface area contributed by atoms with Crippen LogP contribution in [0.5, 0.6) is 0 Å². The van der Waals surface area contributed by atoms with Gasteiger partial charge in [0.1, 0.15) is 5.69 Å². The molecule has 0 spiro atoms. The molecule has 2 heterocycles. The molecule has 0 radical (unpaired) electrons. The largest absolute Gasteiger partial charge is 0.392 e. The maximum atomic E-state index is 11.3. The second-order valence-corrected chi connectivity index (χ2v) is 5.87. The molecule has 0 bridgehead atoms. The Labute approximate surface area is 124 Å². The minimum Gasteiger partial charge on any atom is -0.392 e. The molecule has 2 fully saturated rings. The zero-order valence-electron chi connectivity index (χ0n) is 12.1. The minimum atomic E-state index is -0.350. The van der Waals surface area contributed by atoms with E-state index in [1.165, 1.54) is 18.9 Å². The number of hydrogen-bond donors (Lipinski definition) is 1. The number of likely N-dealkylation sites (tertiary alicyclic amines) is 1. The number of hydrogen-bond acceptors (Lipinski definition) is 5. The third-order valence-electron chi connectivity index (χ3n) is 4.58. The molecule has 2 aliphatic heterocycles. The van der Waals surface area contributed by atoms with E-state index < -0.39 is 0 Å². The van der Waals surface area contributed by atoms with Gasteiger partial charge in [-0.05, 0) is 44.0 Å². The van der Waals surface area contributed by atoms with Crippen LogP contribution in [-0.4, -0.2) is 47.2 Å². The number of aliphatic hydroxyl groups excluding tert-OH is 1. The Bertz CT molecular complexity index is 529. The summed E-state index contributed by atoms with van der Waals surface area (Å²) in [6.07, 6.45) is 3.60. The highest BCUT2D eigenvalue weighted by Gasteiger charge is 2.32. The molecule has 1 aromatic rings. The third kappa shape index (κ3) is 2.87. The zero-order chi connectivity index (χ0) is 14.8. The van der Waals surface area contributed by atoms with Gasteiger partial charge in [0.05, 0.1) is 11.5 Å². The quantitative estimate of drug-likeness (QED) is 0.676. The summed E-state index contributed by atoms with van der Waals surface area (Å²) in [5.41, 5.74) is 1.36. The van der Waals surface area contributed by atoms with Crippen LogP contribution in [0.3, 0.4) is 0 Å². The van der Waals surface area contributed by atoms with Crippen LogP contribution >= 0.6 is 0 Å². The molecule has 114 valence electrons. The number of aliphatic hydroxyl groups is 1. The molecule has 2 aliphatic rings. The Morgan fingerprint density at radius 3 is 2.71 bits per heavy atom. The Kier molecular flexibility index (Phi) is 4.07. The molecule has 1 unspecified atom stereocenters. The van der Waals surface area contributed by atoms with Gasteiger partial charge in [0, 0.05) is 25.2 Å². The lowest BCUT2D eigenvalue weighted by atomic mass is 10.1. The highest BCUT2D eigenvalue weighted by atomic mass is 16.6. The van der Waals surface area contributed by atoms with Gasteiger partial charge in [-0.25, -0.2) is 0 Å². The zero-order valence-corrected chi connectivity index (χ0v) is 12.1. The Hall–Kier alpha value is -1.66. The topological polar surface area (TPSA) is 69.8 Å². The van der Waals surface area contributed by atoms with E-state index in [0.717, 1.165) is 32.6 Å². The van der Waals surface area contributed by atoms with Crippen molar-refractivity contribution in [3.8, 4) is 0 Å². The molecule has 1 N–H and O–H groups in total. The van der Waals surface area contributed by atoms with Crippen LogP contribution in [0, 0.1) is 10.1 Å². The van der Waals surface area contributed by atoms with Crippen molar-refractivity contribution in [1.29, 1.82) is 0 Å². The van der Waals surface area contributed by atoms with E-state index in [2.05, 4.69) is 9.80 Å². The summed E-state index contributed by atoms with van der Waals surface area (Å²) in [4.78, 5) is 15.5. The highest BCUT2D eigenvalue weighted by molar-refractivity contribution is 5.65. The fourth-order valence-electron chi connectivity index (χ4n) is 3.45. The number of benzene rings is 1. The van der Waals surface area contributed by atoms with Crippen molar-refractivity contribution >= 4 is 11.4 Å². The van der Waals surface area contributed by atoms with Gasteiger partial charge in [0.25, 0.3) is 5.69 Å². The normalized spacial score (nSPS) is 22.9. The lowest BCUT2D eigenvalue weighted by Gasteiger charge is -2.24. The smallest absolute Gasteiger partial charge is 0.292 e. The van der Waals surface area contributed by atoms with Gasteiger partial charge in [0.2, 0.25) is 0 Å². The van der Waals surface area contributed by atoms with Crippen LogP contribution in [0.25, 0.3) is 0 Å². The van der Waals surface area contributed by atoms with Crippen molar-refractivity contribution in [3.63, 3.8) is 0 Å². The first-order valence-corrected chi connectivity index (χ1v) is 7.56. The molecule has 6 heteroatoms. The third-order valence-corrected chi connectivity index (χ3v) is 4.58. The maximum absolute atomic E-state index is 11.3. The average molecular weight is 291 g/mol. The van der Waals surface area contributed by atoms with E-state index in [1.54, 1.807) is 12.1 Å². The van der Waals surface area contributed by atoms with Crippen molar-refractivity contribution in [1.82, 2.24) is 4.90 Å². The van der Waals surface area contributed by atoms with E-state index in [-0.39, 0.29) is 17.2 Å². The molecule has 1 atom stereocenters. The van der Waals surface area contributed by atoms with Gasteiger partial charge in [-0.2, -0.15) is 0 Å². The summed E-state index contributed by atoms with van der Waals surface area (Å²) in [6, 6.07) is 5.55. The number of nitrogens with zero attached hydrogens (tertiary/aromatic N) is 3. The Balaban J connectivity index is 1.79. The predicted molar refractivity (Wildman–Crippen MR) is 80.4 cm³/mol. The molecular weight excluding hydrogens is 270 g/mol. The Morgan fingerprint density at radius 1 is 1.29 bits per heavy atom. The van der Waals surface area contributed by atoms with Crippen LogP contribution < -0.4 is 4.90 Å². The van der Waals surface area contributed by atoms with Crippen molar-refractivity contribution in [3.05, 3.63) is 33.9 Å². The van der Waals surface area contributed by atoms with E-state index in [9.17, 15) is 10.1 Å². The maximum Gasteiger partial charge on any atom is 0.292 e. The first kappa shape index (κ1) is 14.3. The molecule has 21 heavy (non-hydrogen) atoms. The molecule has 0 aromatic heterocycles. The first-order chi connectivity index (χ1) is 10.2. The van der Waals surface area contributed by atoms with Gasteiger partial charge in [-0.1, -0.05) is 6.07 Å². The van der Waals surface area contributed by atoms with Crippen molar-refractivity contribution < 1.29 is 10.0 Å². The molecule has 3 rings (SSSR count). The molecule has 0 saturated carbocycles. The van der Waals surface area contributed by atoms with E-state index >= 15 is 0 Å². The average Bonchev–Trinajstić information content (AvgIpc) is 3.17. The van der Waals surface area contributed by atoms with Crippen molar-refractivity contribution in [2.24, 2.45) is 0 Å². The molecule has 0 amide bonds. The van der Waals surface area contributed by atoms with Crippen LogP contribution in [0.15, 0.2) is 18.2 Å². The van der Waals surface area contributed by atoms with Crippen LogP contribution in [0.4, 0.5) is 11.4 Å². The second kappa shape index (κ2) is 5.99. The molecule has 6 nitrogen and oxygen atoms in total. The number of nitro benzene ring substituents is 1. The van der Waals surface area contributed by atoms with Crippen LogP contribution in [0.1, 0.15) is 24.8 Å². The predicted octanol–water partition coefficient (Wildman–Crippen LogP) is 1.76. The molecule has 2 saturated heterocycles. The number of anilines is 1. The fourth-order valence-corrected chi connectivity index (χ4v) is 3.45. The summed E-state index contributed by atoms with van der Waals surface area (Å²) in [5, 5.41) is 20.4. The Morgan fingerprint density at radius 2 is 2.05 bits per heavy atom. The molecule has 1 aromatic carbocycles. The molecular formula is C15H21N3O3. The van der Waals surface area contributed by atoms with Gasteiger partial charge in [-0.3, -0.25) is 15.0 Å². The summed E-state index contributed by atoms with van der Waals surface area (Å²) in [6.45, 7) is 3.87. The first-order valence-electron chi connectivity index (χ1n) is 7.56. The minimum absolute atomic E-state index is 0.101. The summed E-state index contributed by atoms with van der Waals surface area (Å²) < 4.78 is 0. The van der Waals surface area contributed by atoms with Crippen molar-refractivity contribution in [2.45, 2.75) is 31.9 Å². The lowest BCUT2D eigenvalue weighted by Crippen LogP contribution is -2.35. The highest BCUT2D eigenvalue weighted by Crippen LogP contribution is 2.33. The summed E-state index contributed by atoms with van der Waals surface area (Å²) in [7, 11) is 0. The van der Waals surface area contributed by atoms with Gasteiger partial charge < -0.3 is 10.0 Å². The fraction of sp³-hybridized carbons (Fsp3) is 0.600. The van der Waals surface area contributed by atoms with Crippen LogP contribution in [-0.2, 0) is 6.61 Å². The lowest BCUT2D eigenvalue weighted by molar-refractivity contribution is -0.384. The summed E-state index contributed by atoms with van der Waals surface area (Å²) >= 11 is 0. The number of rotatable bonds is 4. The van der Waals surface area contributed by atoms with Gasteiger partial charge >= 0.3 is 0 Å². The van der Waals surface area contributed by atoms with Gasteiger partial charge in [0.15, 0.2) is 0 Å². The molecule has 0 aliphatic carbocycles. The van der Waals surface area contributed by atoms with Gasteiger partial charge in [-0.15, -0.1) is 0 Å². The van der Waals surface area contributed by atoms with E-state index in [4.69, 9.17) is 5.11 Å². The van der Waals surface area contributed by atoms with Crippen molar-refractivity contribution in [2.75, 3.05) is 31.1 Å². The SMILES string of the molecule is O=[N+]([O-])c1cc(CO)ccc1N1CCC(N2CCCC2)C1. The second-order valence-electron chi connectivity index (χ2n) is 5.87. The summed E-state index contributed by atoms with van der Waals surface area (Å²) in [5.74, 6) is 0. The number of nitro groups is 1. The van der Waals surface area contributed by atoms with Crippen LogP contribution in [0.2, 0.25) is 0 Å².